The first-order chi connectivity index (χ1) is 10.3. The Labute approximate surface area is 122 Å². The van der Waals surface area contributed by atoms with Gasteiger partial charge < -0.3 is 4.42 Å². The summed E-state index contributed by atoms with van der Waals surface area (Å²) < 4.78 is 19.0. The molecule has 0 aliphatic carbocycles. The van der Waals surface area contributed by atoms with E-state index in [2.05, 4.69) is 17.1 Å². The second kappa shape index (κ2) is 5.87. The summed E-state index contributed by atoms with van der Waals surface area (Å²) in [5.41, 5.74) is 1.73. The lowest BCUT2D eigenvalue weighted by Gasteiger charge is -2.10. The first-order valence-corrected chi connectivity index (χ1v) is 6.92. The molecule has 0 fully saturated rings. The Kier molecular flexibility index (Phi) is 3.77. The number of benzene rings is 2. The molecule has 3 nitrogen and oxygen atoms in total. The molecule has 4 heteroatoms. The molecule has 1 unspecified atom stereocenters. The Bertz CT molecular complexity index is 724. The lowest BCUT2D eigenvalue weighted by atomic mass is 9.97. The minimum atomic E-state index is -0.317. The van der Waals surface area contributed by atoms with Crippen LogP contribution in [0.15, 0.2) is 59.0 Å². The van der Waals surface area contributed by atoms with Crippen molar-refractivity contribution in [1.82, 2.24) is 10.2 Å². The fraction of sp³-hybridized carbons (Fsp3) is 0.176. The molecular formula is C17H15FN2O. The maximum Gasteiger partial charge on any atom is 0.247 e. The molecule has 0 saturated carbocycles. The van der Waals surface area contributed by atoms with Crippen LogP contribution < -0.4 is 0 Å². The summed E-state index contributed by atoms with van der Waals surface area (Å²) in [6, 6.07) is 16.2. The Hall–Kier alpha value is -2.49. The summed E-state index contributed by atoms with van der Waals surface area (Å²) >= 11 is 0. The first-order valence-electron chi connectivity index (χ1n) is 6.92. The molecule has 1 heterocycles. The Morgan fingerprint density at radius 1 is 1.05 bits per heavy atom. The minimum Gasteiger partial charge on any atom is -0.420 e. The van der Waals surface area contributed by atoms with E-state index in [0.717, 1.165) is 12.0 Å². The molecule has 0 spiro atoms. The van der Waals surface area contributed by atoms with E-state index in [4.69, 9.17) is 4.42 Å². The van der Waals surface area contributed by atoms with Crippen LogP contribution in [-0.2, 0) is 0 Å². The number of hydrogen-bond acceptors (Lipinski definition) is 3. The molecule has 0 N–H and O–H groups in total. The van der Waals surface area contributed by atoms with Gasteiger partial charge in [-0.05, 0) is 30.2 Å². The zero-order valence-electron chi connectivity index (χ0n) is 11.7. The maximum atomic E-state index is 13.3. The van der Waals surface area contributed by atoms with E-state index in [9.17, 15) is 4.39 Å². The van der Waals surface area contributed by atoms with Crippen molar-refractivity contribution < 1.29 is 8.81 Å². The maximum absolute atomic E-state index is 13.3. The van der Waals surface area contributed by atoms with Crippen LogP contribution in [0.3, 0.4) is 0 Å². The molecule has 1 aromatic heterocycles. The van der Waals surface area contributed by atoms with Gasteiger partial charge >= 0.3 is 0 Å². The third-order valence-corrected chi connectivity index (χ3v) is 3.42. The van der Waals surface area contributed by atoms with Crippen LogP contribution in [0.5, 0.6) is 0 Å². The smallest absolute Gasteiger partial charge is 0.247 e. The molecule has 0 saturated heterocycles. The highest BCUT2D eigenvalue weighted by Crippen LogP contribution is 2.29. The van der Waals surface area contributed by atoms with Crippen molar-refractivity contribution in [2.75, 3.05) is 0 Å². The van der Waals surface area contributed by atoms with Crippen molar-refractivity contribution in [3.05, 3.63) is 71.9 Å². The highest BCUT2D eigenvalue weighted by atomic mass is 19.1. The monoisotopic (exact) mass is 282 g/mol. The number of rotatable bonds is 4. The van der Waals surface area contributed by atoms with Crippen LogP contribution >= 0.6 is 0 Å². The summed E-state index contributed by atoms with van der Waals surface area (Å²) in [6.45, 7) is 2.07. The molecule has 0 radical (unpaired) electrons. The zero-order chi connectivity index (χ0) is 14.7. The molecule has 2 aromatic carbocycles. The third-order valence-electron chi connectivity index (χ3n) is 3.42. The van der Waals surface area contributed by atoms with Crippen molar-refractivity contribution in [2.45, 2.75) is 19.3 Å². The molecule has 0 aliphatic rings. The fourth-order valence-electron chi connectivity index (χ4n) is 2.35. The predicted molar refractivity (Wildman–Crippen MR) is 78.3 cm³/mol. The summed E-state index contributed by atoms with van der Waals surface area (Å²) in [6.07, 6.45) is 0.856. The molecule has 0 bridgehead atoms. The summed E-state index contributed by atoms with van der Waals surface area (Å²) in [7, 11) is 0. The Morgan fingerprint density at radius 2 is 1.86 bits per heavy atom. The van der Waals surface area contributed by atoms with Gasteiger partial charge in [0.25, 0.3) is 0 Å². The first kappa shape index (κ1) is 13.5. The van der Waals surface area contributed by atoms with Gasteiger partial charge in [0.05, 0.1) is 5.92 Å². The van der Waals surface area contributed by atoms with Crippen LogP contribution in [0, 0.1) is 5.82 Å². The van der Waals surface area contributed by atoms with Gasteiger partial charge in [-0.1, -0.05) is 43.3 Å². The third kappa shape index (κ3) is 2.84. The number of hydrogen-bond donors (Lipinski definition) is 0. The van der Waals surface area contributed by atoms with Gasteiger partial charge in [0, 0.05) is 5.56 Å². The second-order valence-electron chi connectivity index (χ2n) is 4.83. The van der Waals surface area contributed by atoms with Crippen LogP contribution in [-0.4, -0.2) is 10.2 Å². The van der Waals surface area contributed by atoms with E-state index in [1.807, 2.05) is 30.3 Å². The average molecular weight is 282 g/mol. The molecule has 3 aromatic rings. The van der Waals surface area contributed by atoms with Crippen molar-refractivity contribution in [1.29, 1.82) is 0 Å². The average Bonchev–Trinajstić information content (AvgIpc) is 2.99. The van der Waals surface area contributed by atoms with Crippen molar-refractivity contribution in [3.8, 4) is 11.5 Å². The number of aromatic nitrogens is 2. The van der Waals surface area contributed by atoms with E-state index in [1.54, 1.807) is 12.1 Å². The van der Waals surface area contributed by atoms with E-state index in [-0.39, 0.29) is 11.7 Å². The van der Waals surface area contributed by atoms with E-state index < -0.39 is 0 Å². The van der Waals surface area contributed by atoms with Gasteiger partial charge in [0.15, 0.2) is 0 Å². The van der Waals surface area contributed by atoms with Crippen molar-refractivity contribution in [3.63, 3.8) is 0 Å². The Morgan fingerprint density at radius 3 is 2.57 bits per heavy atom. The van der Waals surface area contributed by atoms with Crippen LogP contribution in [0.1, 0.15) is 30.7 Å². The van der Waals surface area contributed by atoms with Gasteiger partial charge in [-0.3, -0.25) is 0 Å². The standard InChI is InChI=1S/C17H15FN2O/c1-2-15(12-7-4-3-5-8-12)17-20-19-16(21-17)13-9-6-10-14(18)11-13/h3-11,15H,2H2,1H3. The second-order valence-corrected chi connectivity index (χ2v) is 4.83. The summed E-state index contributed by atoms with van der Waals surface area (Å²) in [4.78, 5) is 0. The topological polar surface area (TPSA) is 38.9 Å². The highest BCUT2D eigenvalue weighted by Gasteiger charge is 2.19. The van der Waals surface area contributed by atoms with E-state index in [1.165, 1.54) is 12.1 Å². The van der Waals surface area contributed by atoms with Gasteiger partial charge in [0.1, 0.15) is 5.82 Å². The highest BCUT2D eigenvalue weighted by molar-refractivity contribution is 5.52. The molecule has 0 aliphatic heterocycles. The normalized spacial score (nSPS) is 12.3. The van der Waals surface area contributed by atoms with Crippen molar-refractivity contribution in [2.24, 2.45) is 0 Å². The molecule has 106 valence electrons. The SMILES string of the molecule is CCC(c1ccccc1)c1nnc(-c2cccc(F)c2)o1. The molecule has 21 heavy (non-hydrogen) atoms. The van der Waals surface area contributed by atoms with Gasteiger partial charge in [0.2, 0.25) is 11.8 Å². The lowest BCUT2D eigenvalue weighted by Crippen LogP contribution is -1.99. The number of halogens is 1. The van der Waals surface area contributed by atoms with Crippen LogP contribution in [0.25, 0.3) is 11.5 Å². The fourth-order valence-corrected chi connectivity index (χ4v) is 2.35. The quantitative estimate of drug-likeness (QED) is 0.711. The lowest BCUT2D eigenvalue weighted by molar-refractivity contribution is 0.474. The van der Waals surface area contributed by atoms with Gasteiger partial charge in [-0.25, -0.2) is 4.39 Å². The van der Waals surface area contributed by atoms with Crippen LogP contribution in [0.4, 0.5) is 4.39 Å². The number of nitrogens with zero attached hydrogens (tertiary/aromatic N) is 2. The van der Waals surface area contributed by atoms with E-state index in [0.29, 0.717) is 17.3 Å². The molecule has 1 atom stereocenters. The minimum absolute atomic E-state index is 0.0565. The van der Waals surface area contributed by atoms with Crippen molar-refractivity contribution >= 4 is 0 Å². The predicted octanol–water partition coefficient (Wildman–Crippen LogP) is 4.42. The molecular weight excluding hydrogens is 267 g/mol. The molecule has 3 rings (SSSR count). The van der Waals surface area contributed by atoms with E-state index >= 15 is 0 Å². The zero-order valence-corrected chi connectivity index (χ0v) is 11.7. The van der Waals surface area contributed by atoms with Crippen LogP contribution in [0.2, 0.25) is 0 Å². The molecule has 0 amide bonds. The van der Waals surface area contributed by atoms with Gasteiger partial charge in [-0.15, -0.1) is 10.2 Å². The summed E-state index contributed by atoms with van der Waals surface area (Å²) in [5.74, 6) is 0.644. The summed E-state index contributed by atoms with van der Waals surface area (Å²) in [5, 5.41) is 8.17. The van der Waals surface area contributed by atoms with Gasteiger partial charge in [-0.2, -0.15) is 0 Å². The largest absolute Gasteiger partial charge is 0.420 e. The Balaban J connectivity index is 1.94.